The van der Waals surface area contributed by atoms with Crippen molar-refractivity contribution in [3.8, 4) is 11.5 Å². The number of hydrogen-bond donors (Lipinski definition) is 1. The zero-order valence-electron chi connectivity index (χ0n) is 12.5. The van der Waals surface area contributed by atoms with Crippen molar-refractivity contribution in [3.63, 3.8) is 0 Å². The van der Waals surface area contributed by atoms with Crippen molar-refractivity contribution < 1.29 is 9.52 Å². The Morgan fingerprint density at radius 3 is 2.90 bits per heavy atom. The number of likely N-dealkylation sites (tertiary alicyclic amines) is 1. The maximum atomic E-state index is 9.01. The van der Waals surface area contributed by atoms with Crippen LogP contribution in [0.5, 0.6) is 0 Å². The van der Waals surface area contributed by atoms with E-state index in [0.29, 0.717) is 18.4 Å². The van der Waals surface area contributed by atoms with E-state index in [9.17, 15) is 0 Å². The van der Waals surface area contributed by atoms with Crippen molar-refractivity contribution in [2.24, 2.45) is 5.92 Å². The molecule has 1 aliphatic rings. The lowest BCUT2D eigenvalue weighted by Crippen LogP contribution is -2.20. The second kappa shape index (κ2) is 6.41. The van der Waals surface area contributed by atoms with Gasteiger partial charge >= 0.3 is 0 Å². The largest absolute Gasteiger partial charge is 0.444 e. The summed E-state index contributed by atoms with van der Waals surface area (Å²) in [6.07, 6.45) is 3.84. The van der Waals surface area contributed by atoms with Gasteiger partial charge < -0.3 is 9.52 Å². The normalized spacial score (nSPS) is 19.2. The van der Waals surface area contributed by atoms with Gasteiger partial charge in [-0.05, 0) is 44.4 Å². The Bertz CT molecular complexity index is 577. The van der Waals surface area contributed by atoms with E-state index in [1.807, 2.05) is 12.1 Å². The zero-order valence-corrected chi connectivity index (χ0v) is 12.5. The first-order valence-electron chi connectivity index (χ1n) is 7.59. The van der Waals surface area contributed by atoms with Crippen LogP contribution >= 0.6 is 0 Å². The lowest BCUT2D eigenvalue weighted by molar-refractivity contribution is 0.249. The van der Waals surface area contributed by atoms with Crippen LogP contribution in [0.1, 0.15) is 24.1 Å². The molecule has 1 aliphatic heterocycles. The minimum Gasteiger partial charge on any atom is -0.444 e. The van der Waals surface area contributed by atoms with E-state index >= 15 is 0 Å². The number of aliphatic hydroxyl groups excluding tert-OH is 1. The molecule has 0 radical (unpaired) electrons. The van der Waals surface area contributed by atoms with Crippen molar-refractivity contribution in [1.82, 2.24) is 9.88 Å². The van der Waals surface area contributed by atoms with Gasteiger partial charge in [0.25, 0.3) is 0 Å². The highest BCUT2D eigenvalue weighted by atomic mass is 16.3. The highest BCUT2D eigenvalue weighted by Gasteiger charge is 2.22. The maximum Gasteiger partial charge on any atom is 0.226 e. The number of rotatable bonds is 5. The first kappa shape index (κ1) is 14.3. The van der Waals surface area contributed by atoms with Gasteiger partial charge in [0.2, 0.25) is 5.89 Å². The zero-order chi connectivity index (χ0) is 14.7. The average molecular weight is 286 g/mol. The molecule has 0 amide bonds. The molecule has 0 aliphatic carbocycles. The third-order valence-electron chi connectivity index (χ3n) is 4.14. The summed E-state index contributed by atoms with van der Waals surface area (Å²) >= 11 is 0. The molecule has 1 atom stereocenters. The first-order valence-corrected chi connectivity index (χ1v) is 7.59. The number of aliphatic hydroxyl groups is 1. The lowest BCUT2D eigenvalue weighted by atomic mass is 10.1. The smallest absolute Gasteiger partial charge is 0.226 e. The van der Waals surface area contributed by atoms with E-state index in [0.717, 1.165) is 37.3 Å². The fourth-order valence-electron chi connectivity index (χ4n) is 2.91. The van der Waals surface area contributed by atoms with Crippen LogP contribution in [0, 0.1) is 12.8 Å². The molecule has 3 rings (SSSR count). The minimum atomic E-state index is 0.292. The molecule has 4 nitrogen and oxygen atoms in total. The Morgan fingerprint density at radius 1 is 1.33 bits per heavy atom. The SMILES string of the molecule is Cc1ccc(-c2nc(CN3CCC(CCO)C3)co2)cc1. The average Bonchev–Trinajstić information content (AvgIpc) is 3.11. The van der Waals surface area contributed by atoms with Gasteiger partial charge in [0.15, 0.2) is 0 Å². The van der Waals surface area contributed by atoms with Gasteiger partial charge in [0.05, 0.1) is 5.69 Å². The summed E-state index contributed by atoms with van der Waals surface area (Å²) in [7, 11) is 0. The monoisotopic (exact) mass is 286 g/mol. The Labute approximate surface area is 125 Å². The van der Waals surface area contributed by atoms with E-state index in [1.165, 1.54) is 12.0 Å². The van der Waals surface area contributed by atoms with Crippen LogP contribution in [0.4, 0.5) is 0 Å². The highest BCUT2D eigenvalue weighted by molar-refractivity contribution is 5.53. The van der Waals surface area contributed by atoms with Crippen LogP contribution in [0.2, 0.25) is 0 Å². The van der Waals surface area contributed by atoms with Crippen LogP contribution in [0.3, 0.4) is 0 Å². The minimum absolute atomic E-state index is 0.292. The summed E-state index contributed by atoms with van der Waals surface area (Å²) in [5.74, 6) is 1.31. The van der Waals surface area contributed by atoms with E-state index in [-0.39, 0.29) is 0 Å². The molecule has 2 aromatic rings. The first-order chi connectivity index (χ1) is 10.2. The van der Waals surface area contributed by atoms with Crippen LogP contribution in [0.15, 0.2) is 34.9 Å². The van der Waals surface area contributed by atoms with Gasteiger partial charge in [-0.3, -0.25) is 4.90 Å². The Balaban J connectivity index is 1.62. The molecular formula is C17H22N2O2. The van der Waals surface area contributed by atoms with Crippen LogP contribution < -0.4 is 0 Å². The second-order valence-electron chi connectivity index (χ2n) is 5.91. The lowest BCUT2D eigenvalue weighted by Gasteiger charge is -2.13. The molecule has 1 aromatic carbocycles. The molecule has 1 saturated heterocycles. The van der Waals surface area contributed by atoms with E-state index in [2.05, 4.69) is 28.9 Å². The number of aromatic nitrogens is 1. The summed E-state index contributed by atoms with van der Waals surface area (Å²) in [5, 5.41) is 9.01. The van der Waals surface area contributed by atoms with Gasteiger partial charge in [-0.1, -0.05) is 17.7 Å². The molecule has 21 heavy (non-hydrogen) atoms. The molecule has 1 unspecified atom stereocenters. The van der Waals surface area contributed by atoms with Gasteiger partial charge in [-0.2, -0.15) is 0 Å². The fraction of sp³-hybridized carbons (Fsp3) is 0.471. The summed E-state index contributed by atoms with van der Waals surface area (Å²) < 4.78 is 5.60. The molecule has 0 saturated carbocycles. The molecule has 1 fully saturated rings. The molecule has 4 heteroatoms. The Hall–Kier alpha value is -1.65. The molecule has 0 spiro atoms. The third-order valence-corrected chi connectivity index (χ3v) is 4.14. The van der Waals surface area contributed by atoms with Gasteiger partial charge in [0.1, 0.15) is 6.26 Å². The summed E-state index contributed by atoms with van der Waals surface area (Å²) in [4.78, 5) is 6.97. The molecular weight excluding hydrogens is 264 g/mol. The van der Waals surface area contributed by atoms with Crippen molar-refractivity contribution in [2.45, 2.75) is 26.3 Å². The third kappa shape index (κ3) is 3.52. The molecule has 1 aromatic heterocycles. The van der Waals surface area contributed by atoms with Crippen molar-refractivity contribution in [3.05, 3.63) is 41.8 Å². The topological polar surface area (TPSA) is 49.5 Å². The summed E-state index contributed by atoms with van der Waals surface area (Å²) in [6.45, 7) is 5.32. The van der Waals surface area contributed by atoms with E-state index in [1.54, 1.807) is 6.26 Å². The second-order valence-corrected chi connectivity index (χ2v) is 5.91. The number of aryl methyl sites for hydroxylation is 1. The van der Waals surface area contributed by atoms with Gasteiger partial charge in [-0.25, -0.2) is 4.98 Å². The van der Waals surface area contributed by atoms with Crippen LogP contribution in [-0.4, -0.2) is 34.7 Å². The van der Waals surface area contributed by atoms with Crippen molar-refractivity contribution in [2.75, 3.05) is 19.7 Å². The molecule has 2 heterocycles. The van der Waals surface area contributed by atoms with E-state index < -0.39 is 0 Å². The number of oxazole rings is 1. The van der Waals surface area contributed by atoms with Gasteiger partial charge in [-0.15, -0.1) is 0 Å². The standard InChI is InChI=1S/C17H22N2O2/c1-13-2-4-15(5-3-13)17-18-16(12-21-17)11-19-8-6-14(10-19)7-9-20/h2-5,12,14,20H,6-11H2,1H3. The van der Waals surface area contributed by atoms with Crippen LogP contribution in [-0.2, 0) is 6.54 Å². The molecule has 112 valence electrons. The number of hydrogen-bond acceptors (Lipinski definition) is 4. The fourth-order valence-corrected chi connectivity index (χ4v) is 2.91. The summed E-state index contributed by atoms with van der Waals surface area (Å²) in [6, 6.07) is 8.22. The van der Waals surface area contributed by atoms with E-state index in [4.69, 9.17) is 9.52 Å². The summed E-state index contributed by atoms with van der Waals surface area (Å²) in [5.41, 5.74) is 3.24. The van der Waals surface area contributed by atoms with Crippen molar-refractivity contribution in [1.29, 1.82) is 0 Å². The number of benzene rings is 1. The van der Waals surface area contributed by atoms with Crippen LogP contribution in [0.25, 0.3) is 11.5 Å². The molecule has 1 N–H and O–H groups in total. The Morgan fingerprint density at radius 2 is 2.14 bits per heavy atom. The maximum absolute atomic E-state index is 9.01. The molecule has 0 bridgehead atoms. The van der Waals surface area contributed by atoms with Crippen molar-refractivity contribution >= 4 is 0 Å². The predicted octanol–water partition coefficient (Wildman–Crippen LogP) is 2.85. The number of nitrogens with zero attached hydrogens (tertiary/aromatic N) is 2. The quantitative estimate of drug-likeness (QED) is 0.918. The predicted molar refractivity (Wildman–Crippen MR) is 81.8 cm³/mol. The van der Waals surface area contributed by atoms with Gasteiger partial charge in [0, 0.05) is 25.3 Å². The highest BCUT2D eigenvalue weighted by Crippen LogP contribution is 2.23. The Kier molecular flexibility index (Phi) is 4.36.